The number of benzene rings is 1. The van der Waals surface area contributed by atoms with E-state index in [0.29, 0.717) is 6.61 Å². The molecule has 102 valence electrons. The number of thiazole rings is 1. The largest absolute Gasteiger partial charge is 0.493 e. The van der Waals surface area contributed by atoms with Gasteiger partial charge in [0, 0.05) is 10.9 Å². The summed E-state index contributed by atoms with van der Waals surface area (Å²) in [4.78, 5) is 5.58. The minimum Gasteiger partial charge on any atom is -0.493 e. The molecule has 4 nitrogen and oxygen atoms in total. The fourth-order valence-electron chi connectivity index (χ4n) is 1.83. The zero-order valence-corrected chi connectivity index (χ0v) is 12.2. The van der Waals surface area contributed by atoms with Gasteiger partial charge in [0.2, 0.25) is 0 Å². The van der Waals surface area contributed by atoms with Crippen molar-refractivity contribution < 1.29 is 9.47 Å². The molecule has 0 spiro atoms. The third-order valence-corrected chi connectivity index (χ3v) is 4.04. The Balaban J connectivity index is 2.08. The number of nitrogens with zero attached hydrogens (tertiary/aromatic N) is 1. The predicted molar refractivity (Wildman–Crippen MR) is 76.8 cm³/mol. The molecule has 0 radical (unpaired) electrons. The minimum atomic E-state index is 0.0116. The molecule has 19 heavy (non-hydrogen) atoms. The highest BCUT2D eigenvalue weighted by Gasteiger charge is 2.12. The average molecular weight is 278 g/mol. The van der Waals surface area contributed by atoms with Crippen molar-refractivity contribution in [2.75, 3.05) is 7.11 Å². The van der Waals surface area contributed by atoms with Crippen LogP contribution >= 0.6 is 11.3 Å². The van der Waals surface area contributed by atoms with Crippen molar-refractivity contribution in [3.63, 3.8) is 0 Å². The maximum Gasteiger partial charge on any atom is 0.161 e. The molecule has 0 aliphatic heterocycles. The molecule has 1 aromatic carbocycles. The van der Waals surface area contributed by atoms with Gasteiger partial charge in [-0.3, -0.25) is 0 Å². The van der Waals surface area contributed by atoms with Gasteiger partial charge in [0.25, 0.3) is 0 Å². The van der Waals surface area contributed by atoms with Gasteiger partial charge in [-0.2, -0.15) is 0 Å². The van der Waals surface area contributed by atoms with Gasteiger partial charge in [-0.15, -0.1) is 11.3 Å². The fourth-order valence-corrected chi connectivity index (χ4v) is 2.76. The summed E-state index contributed by atoms with van der Waals surface area (Å²) in [6, 6.07) is 7.59. The average Bonchev–Trinajstić information content (AvgIpc) is 2.78. The van der Waals surface area contributed by atoms with E-state index in [1.165, 1.54) is 0 Å². The summed E-state index contributed by atoms with van der Waals surface area (Å²) in [5.41, 5.74) is 6.88. The topological polar surface area (TPSA) is 57.4 Å². The Bertz CT molecular complexity index is 552. The van der Waals surface area contributed by atoms with E-state index < -0.39 is 0 Å². The van der Waals surface area contributed by atoms with Crippen molar-refractivity contribution in [3.8, 4) is 11.5 Å². The Morgan fingerprint density at radius 1 is 1.32 bits per heavy atom. The Morgan fingerprint density at radius 2 is 2.00 bits per heavy atom. The third-order valence-electron chi connectivity index (χ3n) is 2.71. The van der Waals surface area contributed by atoms with Gasteiger partial charge in [-0.1, -0.05) is 12.1 Å². The van der Waals surface area contributed by atoms with E-state index in [1.54, 1.807) is 18.4 Å². The van der Waals surface area contributed by atoms with Gasteiger partial charge in [-0.05, 0) is 26.0 Å². The van der Waals surface area contributed by atoms with E-state index in [-0.39, 0.29) is 6.04 Å². The van der Waals surface area contributed by atoms with Crippen molar-refractivity contribution in [2.45, 2.75) is 26.5 Å². The number of aryl methyl sites for hydroxylation is 1. The highest BCUT2D eigenvalue weighted by atomic mass is 32.1. The lowest BCUT2D eigenvalue weighted by molar-refractivity contribution is 0.284. The van der Waals surface area contributed by atoms with E-state index in [4.69, 9.17) is 15.2 Å². The summed E-state index contributed by atoms with van der Waals surface area (Å²) in [7, 11) is 1.63. The van der Waals surface area contributed by atoms with Crippen molar-refractivity contribution >= 4 is 11.3 Å². The number of aromatic nitrogens is 1. The molecule has 0 fully saturated rings. The smallest absolute Gasteiger partial charge is 0.161 e. The second-order valence-electron chi connectivity index (χ2n) is 4.29. The molecule has 2 rings (SSSR count). The van der Waals surface area contributed by atoms with Crippen LogP contribution in [0.25, 0.3) is 0 Å². The van der Waals surface area contributed by atoms with Crippen LogP contribution in [0.15, 0.2) is 24.3 Å². The SMILES string of the molecule is COc1ccccc1OCc1nc(C)c(C(C)N)s1. The van der Waals surface area contributed by atoms with Gasteiger partial charge >= 0.3 is 0 Å². The molecule has 0 amide bonds. The molecular formula is C14H18N2O2S. The van der Waals surface area contributed by atoms with E-state index >= 15 is 0 Å². The maximum absolute atomic E-state index is 5.89. The Labute approximate surface area is 117 Å². The molecule has 0 saturated carbocycles. The fraction of sp³-hybridized carbons (Fsp3) is 0.357. The number of ether oxygens (including phenoxy) is 2. The first-order valence-corrected chi connectivity index (χ1v) is 6.91. The summed E-state index contributed by atoms with van der Waals surface area (Å²) in [5, 5.41) is 0.927. The molecule has 0 aliphatic carbocycles. The Morgan fingerprint density at radius 3 is 2.58 bits per heavy atom. The van der Waals surface area contributed by atoms with E-state index in [2.05, 4.69) is 4.98 Å². The van der Waals surface area contributed by atoms with Crippen molar-refractivity contribution in [1.29, 1.82) is 0 Å². The first-order chi connectivity index (χ1) is 9.11. The second-order valence-corrected chi connectivity index (χ2v) is 5.40. The molecular weight excluding hydrogens is 260 g/mol. The molecule has 5 heteroatoms. The quantitative estimate of drug-likeness (QED) is 0.913. The zero-order valence-electron chi connectivity index (χ0n) is 11.3. The standard InChI is InChI=1S/C14H18N2O2S/c1-9(15)14-10(2)16-13(19-14)8-18-12-7-5-4-6-11(12)17-3/h4-7,9H,8,15H2,1-3H3. The van der Waals surface area contributed by atoms with Gasteiger partial charge < -0.3 is 15.2 Å². The van der Waals surface area contributed by atoms with E-state index in [9.17, 15) is 0 Å². The normalized spacial score (nSPS) is 12.2. The predicted octanol–water partition coefficient (Wildman–Crippen LogP) is 3.06. The number of hydrogen-bond donors (Lipinski definition) is 1. The number of rotatable bonds is 5. The van der Waals surface area contributed by atoms with Crippen LogP contribution < -0.4 is 15.2 Å². The van der Waals surface area contributed by atoms with Gasteiger partial charge in [-0.25, -0.2) is 4.98 Å². The summed E-state index contributed by atoms with van der Waals surface area (Å²) < 4.78 is 11.0. The van der Waals surface area contributed by atoms with Crippen LogP contribution in [-0.4, -0.2) is 12.1 Å². The van der Waals surface area contributed by atoms with Gasteiger partial charge in [0.05, 0.1) is 12.8 Å². The van der Waals surface area contributed by atoms with Crippen molar-refractivity contribution in [1.82, 2.24) is 4.98 Å². The van der Waals surface area contributed by atoms with Crippen LogP contribution in [0.5, 0.6) is 11.5 Å². The van der Waals surface area contributed by atoms with E-state index in [0.717, 1.165) is 27.1 Å². The molecule has 0 bridgehead atoms. The number of hydrogen-bond acceptors (Lipinski definition) is 5. The van der Waals surface area contributed by atoms with Crippen molar-refractivity contribution in [3.05, 3.63) is 39.8 Å². The monoisotopic (exact) mass is 278 g/mol. The van der Waals surface area contributed by atoms with Crippen LogP contribution in [0.4, 0.5) is 0 Å². The van der Waals surface area contributed by atoms with Crippen LogP contribution in [0.3, 0.4) is 0 Å². The van der Waals surface area contributed by atoms with Crippen LogP contribution in [0, 0.1) is 6.92 Å². The second kappa shape index (κ2) is 6.04. The number of methoxy groups -OCH3 is 1. The van der Waals surface area contributed by atoms with Gasteiger partial charge in [0.15, 0.2) is 11.5 Å². The Hall–Kier alpha value is -1.59. The zero-order chi connectivity index (χ0) is 13.8. The third kappa shape index (κ3) is 3.24. The maximum atomic E-state index is 5.89. The lowest BCUT2D eigenvalue weighted by atomic mass is 10.2. The number of nitrogens with two attached hydrogens (primary N) is 1. The highest BCUT2D eigenvalue weighted by Crippen LogP contribution is 2.28. The molecule has 1 unspecified atom stereocenters. The highest BCUT2D eigenvalue weighted by molar-refractivity contribution is 7.11. The van der Waals surface area contributed by atoms with Crippen molar-refractivity contribution in [2.24, 2.45) is 5.73 Å². The molecule has 2 aromatic rings. The summed E-state index contributed by atoms with van der Waals surface area (Å²) in [6.07, 6.45) is 0. The van der Waals surface area contributed by atoms with Crippen LogP contribution in [0.2, 0.25) is 0 Å². The summed E-state index contributed by atoms with van der Waals surface area (Å²) in [5.74, 6) is 1.45. The van der Waals surface area contributed by atoms with E-state index in [1.807, 2.05) is 38.1 Å². The first-order valence-electron chi connectivity index (χ1n) is 6.09. The molecule has 2 N–H and O–H groups in total. The molecule has 1 aromatic heterocycles. The summed E-state index contributed by atoms with van der Waals surface area (Å²) in [6.45, 7) is 4.37. The van der Waals surface area contributed by atoms with Crippen LogP contribution in [0.1, 0.15) is 28.5 Å². The minimum absolute atomic E-state index is 0.0116. The molecule has 0 saturated heterocycles. The molecule has 0 aliphatic rings. The van der Waals surface area contributed by atoms with Crippen LogP contribution in [-0.2, 0) is 6.61 Å². The summed E-state index contributed by atoms with van der Waals surface area (Å²) >= 11 is 1.60. The Kier molecular flexibility index (Phi) is 4.39. The molecule has 1 heterocycles. The molecule has 1 atom stereocenters. The number of para-hydroxylation sites is 2. The first kappa shape index (κ1) is 13.8. The lowest BCUT2D eigenvalue weighted by Crippen LogP contribution is -2.03. The van der Waals surface area contributed by atoms with Gasteiger partial charge in [0.1, 0.15) is 11.6 Å². The lowest BCUT2D eigenvalue weighted by Gasteiger charge is -2.08.